The Bertz CT molecular complexity index is 638. The molecule has 1 aliphatic heterocycles. The largest absolute Gasteiger partial charge is 0.352 e. The zero-order valence-electron chi connectivity index (χ0n) is 15.9. The smallest absolute Gasteiger partial charge is 0.242 e. The summed E-state index contributed by atoms with van der Waals surface area (Å²) in [5.41, 5.74) is 2.46. The van der Waals surface area contributed by atoms with Crippen molar-refractivity contribution < 1.29 is 9.59 Å². The van der Waals surface area contributed by atoms with Gasteiger partial charge in [0.2, 0.25) is 11.8 Å². The molecule has 0 bridgehead atoms. The van der Waals surface area contributed by atoms with Crippen LogP contribution in [0.15, 0.2) is 24.3 Å². The van der Waals surface area contributed by atoms with E-state index in [-0.39, 0.29) is 23.9 Å². The number of amides is 2. The number of benzene rings is 1. The quantitative estimate of drug-likeness (QED) is 0.732. The first-order chi connectivity index (χ1) is 12.5. The highest BCUT2D eigenvalue weighted by Gasteiger charge is 2.29. The van der Waals surface area contributed by atoms with Crippen LogP contribution < -0.4 is 16.0 Å². The van der Waals surface area contributed by atoms with Crippen LogP contribution in [-0.4, -0.2) is 29.9 Å². The SMILES string of the molecule is CC(C)C[C@@H](NC(=O)[C@@H]1Cc2ccccc2CN1)C(=O)NC1CCCC1. The molecule has 142 valence electrons. The summed E-state index contributed by atoms with van der Waals surface area (Å²) in [4.78, 5) is 25.5. The number of carbonyl (C=O) groups excluding carboxylic acids is 2. The van der Waals surface area contributed by atoms with E-state index in [1.54, 1.807) is 0 Å². The molecule has 1 heterocycles. The Morgan fingerprint density at radius 3 is 2.54 bits per heavy atom. The van der Waals surface area contributed by atoms with Crippen molar-refractivity contribution >= 4 is 11.8 Å². The summed E-state index contributed by atoms with van der Waals surface area (Å²) >= 11 is 0. The van der Waals surface area contributed by atoms with Crippen LogP contribution in [0.3, 0.4) is 0 Å². The molecule has 0 spiro atoms. The molecular formula is C21H31N3O2. The van der Waals surface area contributed by atoms with Crippen LogP contribution in [0, 0.1) is 5.92 Å². The van der Waals surface area contributed by atoms with Crippen molar-refractivity contribution in [2.45, 2.75) is 77.0 Å². The third-order valence-corrected chi connectivity index (χ3v) is 5.44. The second kappa shape index (κ2) is 8.67. The zero-order valence-corrected chi connectivity index (χ0v) is 15.9. The Morgan fingerprint density at radius 2 is 1.85 bits per heavy atom. The highest BCUT2D eigenvalue weighted by Crippen LogP contribution is 2.19. The first kappa shape index (κ1) is 18.9. The maximum Gasteiger partial charge on any atom is 0.242 e. The maximum atomic E-state index is 12.8. The van der Waals surface area contributed by atoms with Gasteiger partial charge in [0.1, 0.15) is 6.04 Å². The molecule has 26 heavy (non-hydrogen) atoms. The average Bonchev–Trinajstić information content (AvgIpc) is 3.13. The first-order valence-electron chi connectivity index (χ1n) is 9.94. The van der Waals surface area contributed by atoms with Crippen LogP contribution in [0.4, 0.5) is 0 Å². The lowest BCUT2D eigenvalue weighted by Crippen LogP contribution is -2.55. The van der Waals surface area contributed by atoms with E-state index in [0.717, 1.165) is 12.8 Å². The highest BCUT2D eigenvalue weighted by atomic mass is 16.2. The molecule has 0 radical (unpaired) electrons. The van der Waals surface area contributed by atoms with Gasteiger partial charge in [-0.1, -0.05) is 51.0 Å². The Kier molecular flexibility index (Phi) is 6.30. The Labute approximate surface area is 156 Å². The summed E-state index contributed by atoms with van der Waals surface area (Å²) < 4.78 is 0. The summed E-state index contributed by atoms with van der Waals surface area (Å²) in [7, 11) is 0. The average molecular weight is 357 g/mol. The van der Waals surface area contributed by atoms with Gasteiger partial charge in [-0.2, -0.15) is 0 Å². The van der Waals surface area contributed by atoms with Gasteiger partial charge in [0.05, 0.1) is 6.04 Å². The standard InChI is InChI=1S/C21H31N3O2/c1-14(2)11-19(21(26)23-17-9-5-6-10-17)24-20(25)18-12-15-7-3-4-8-16(15)13-22-18/h3-4,7-8,14,17-19,22H,5-6,9-13H2,1-2H3,(H,23,26)(H,24,25)/t18-,19+/m0/s1. The van der Waals surface area contributed by atoms with Crippen LogP contribution in [0.5, 0.6) is 0 Å². The molecule has 1 fully saturated rings. The minimum Gasteiger partial charge on any atom is -0.352 e. The summed E-state index contributed by atoms with van der Waals surface area (Å²) in [5, 5.41) is 9.45. The van der Waals surface area contributed by atoms with Crippen LogP contribution in [0.25, 0.3) is 0 Å². The van der Waals surface area contributed by atoms with E-state index in [2.05, 4.69) is 41.9 Å². The molecule has 1 aromatic carbocycles. The molecule has 0 aromatic heterocycles. The van der Waals surface area contributed by atoms with E-state index < -0.39 is 6.04 Å². The lowest BCUT2D eigenvalue weighted by Gasteiger charge is -2.28. The Balaban J connectivity index is 1.60. The van der Waals surface area contributed by atoms with E-state index >= 15 is 0 Å². The van der Waals surface area contributed by atoms with Crippen LogP contribution in [0.2, 0.25) is 0 Å². The van der Waals surface area contributed by atoms with Crippen molar-refractivity contribution in [2.24, 2.45) is 5.92 Å². The Morgan fingerprint density at radius 1 is 1.15 bits per heavy atom. The van der Waals surface area contributed by atoms with Gasteiger partial charge in [0.25, 0.3) is 0 Å². The van der Waals surface area contributed by atoms with Crippen molar-refractivity contribution in [3.63, 3.8) is 0 Å². The molecule has 0 saturated heterocycles. The predicted octanol–water partition coefficient (Wildman–Crippen LogP) is 2.29. The molecule has 3 rings (SSSR count). The van der Waals surface area contributed by atoms with Gasteiger partial charge in [-0.15, -0.1) is 0 Å². The van der Waals surface area contributed by atoms with E-state index in [1.165, 1.54) is 24.0 Å². The van der Waals surface area contributed by atoms with E-state index in [4.69, 9.17) is 0 Å². The maximum absolute atomic E-state index is 12.8. The zero-order chi connectivity index (χ0) is 18.5. The minimum absolute atomic E-state index is 0.0323. The van der Waals surface area contributed by atoms with E-state index in [0.29, 0.717) is 25.3 Å². The molecule has 1 aliphatic carbocycles. The second-order valence-electron chi connectivity index (χ2n) is 8.09. The van der Waals surface area contributed by atoms with Gasteiger partial charge in [-0.3, -0.25) is 9.59 Å². The molecule has 1 aromatic rings. The van der Waals surface area contributed by atoms with Gasteiger partial charge in [-0.05, 0) is 42.7 Å². The monoisotopic (exact) mass is 357 g/mol. The third-order valence-electron chi connectivity index (χ3n) is 5.44. The first-order valence-corrected chi connectivity index (χ1v) is 9.94. The van der Waals surface area contributed by atoms with Crippen molar-refractivity contribution in [2.75, 3.05) is 0 Å². The number of hydrogen-bond acceptors (Lipinski definition) is 3. The summed E-state index contributed by atoms with van der Waals surface area (Å²) in [6.07, 6.45) is 5.79. The summed E-state index contributed by atoms with van der Waals surface area (Å²) in [5.74, 6) is 0.233. The fourth-order valence-corrected chi connectivity index (χ4v) is 3.99. The lowest BCUT2D eigenvalue weighted by atomic mass is 9.95. The van der Waals surface area contributed by atoms with Gasteiger partial charge >= 0.3 is 0 Å². The number of fused-ring (bicyclic) bond motifs is 1. The number of carbonyl (C=O) groups is 2. The second-order valence-corrected chi connectivity index (χ2v) is 8.09. The van der Waals surface area contributed by atoms with Crippen molar-refractivity contribution in [3.8, 4) is 0 Å². The van der Waals surface area contributed by atoms with Crippen LogP contribution in [0.1, 0.15) is 57.1 Å². The molecule has 5 heteroatoms. The van der Waals surface area contributed by atoms with Crippen molar-refractivity contribution in [1.82, 2.24) is 16.0 Å². The molecule has 2 atom stereocenters. The fourth-order valence-electron chi connectivity index (χ4n) is 3.99. The van der Waals surface area contributed by atoms with Crippen LogP contribution in [-0.2, 0) is 22.6 Å². The van der Waals surface area contributed by atoms with Crippen molar-refractivity contribution in [3.05, 3.63) is 35.4 Å². The fraction of sp³-hybridized carbons (Fsp3) is 0.619. The number of rotatable bonds is 6. The normalized spacial score (nSPS) is 21.3. The molecule has 3 N–H and O–H groups in total. The highest BCUT2D eigenvalue weighted by molar-refractivity contribution is 5.90. The van der Waals surface area contributed by atoms with Crippen molar-refractivity contribution in [1.29, 1.82) is 0 Å². The van der Waals surface area contributed by atoms with Gasteiger partial charge in [0, 0.05) is 12.6 Å². The predicted molar refractivity (Wildman–Crippen MR) is 103 cm³/mol. The van der Waals surface area contributed by atoms with E-state index in [1.807, 2.05) is 12.1 Å². The van der Waals surface area contributed by atoms with E-state index in [9.17, 15) is 9.59 Å². The molecular weight excluding hydrogens is 326 g/mol. The van der Waals surface area contributed by atoms with Gasteiger partial charge in [0.15, 0.2) is 0 Å². The molecule has 5 nitrogen and oxygen atoms in total. The molecule has 1 saturated carbocycles. The van der Waals surface area contributed by atoms with Gasteiger partial charge < -0.3 is 16.0 Å². The number of nitrogens with one attached hydrogen (secondary N) is 3. The van der Waals surface area contributed by atoms with Gasteiger partial charge in [-0.25, -0.2) is 0 Å². The Hall–Kier alpha value is -1.88. The third kappa shape index (κ3) is 4.85. The molecule has 2 amide bonds. The topological polar surface area (TPSA) is 70.2 Å². The molecule has 2 aliphatic rings. The summed E-state index contributed by atoms with van der Waals surface area (Å²) in [6.45, 7) is 4.85. The van der Waals surface area contributed by atoms with Crippen LogP contribution >= 0.6 is 0 Å². The summed E-state index contributed by atoms with van der Waals surface area (Å²) in [6, 6.07) is 7.74. The minimum atomic E-state index is -0.456. The number of hydrogen-bond donors (Lipinski definition) is 3. The lowest BCUT2D eigenvalue weighted by molar-refractivity contribution is -0.130. The molecule has 0 unspecified atom stereocenters.